The maximum atomic E-state index is 4.00. The summed E-state index contributed by atoms with van der Waals surface area (Å²) < 4.78 is 0. The lowest BCUT2D eigenvalue weighted by Crippen LogP contribution is -2.27. The van der Waals surface area contributed by atoms with E-state index in [4.69, 9.17) is 0 Å². The third-order valence-electron chi connectivity index (χ3n) is 4.02. The highest BCUT2D eigenvalue weighted by Gasteiger charge is 2.23. The molecule has 0 bridgehead atoms. The van der Waals surface area contributed by atoms with Gasteiger partial charge in [0.25, 0.3) is 0 Å². The fraction of sp³-hybridized carbons (Fsp3) is 0.625. The van der Waals surface area contributed by atoms with E-state index in [-0.39, 0.29) is 0 Å². The Morgan fingerprint density at radius 3 is 2.41 bits per heavy atom. The Labute approximate surface area is 107 Å². The minimum absolute atomic E-state index is 0.502. The van der Waals surface area contributed by atoms with Gasteiger partial charge in [-0.3, -0.25) is 0 Å². The first kappa shape index (κ1) is 14.2. The second-order valence-electron chi connectivity index (χ2n) is 5.35. The van der Waals surface area contributed by atoms with Crippen molar-refractivity contribution in [1.82, 2.24) is 5.32 Å². The third kappa shape index (κ3) is 4.16. The standard InChI is InChI=1S/C16H27N/c1-6-14(11-17-5)16(7-2)12(3)8-9-15-10-13(15)4/h6-7,12,14,16-17H,1-2,8-11H2,3-5H3. The van der Waals surface area contributed by atoms with Crippen LogP contribution in [0.3, 0.4) is 0 Å². The van der Waals surface area contributed by atoms with Gasteiger partial charge in [0.15, 0.2) is 0 Å². The zero-order valence-electron chi connectivity index (χ0n) is 11.6. The van der Waals surface area contributed by atoms with Gasteiger partial charge in [0, 0.05) is 6.54 Å². The van der Waals surface area contributed by atoms with Gasteiger partial charge in [0.05, 0.1) is 0 Å². The van der Waals surface area contributed by atoms with Gasteiger partial charge in [-0.15, -0.1) is 13.2 Å². The summed E-state index contributed by atoms with van der Waals surface area (Å²) in [6, 6.07) is 0. The molecule has 3 atom stereocenters. The van der Waals surface area contributed by atoms with Crippen LogP contribution in [0.1, 0.15) is 33.1 Å². The van der Waals surface area contributed by atoms with E-state index < -0.39 is 0 Å². The smallest absolute Gasteiger partial charge is 0.00168 e. The molecule has 0 saturated heterocycles. The van der Waals surface area contributed by atoms with Gasteiger partial charge in [-0.25, -0.2) is 0 Å². The SMILES string of the molecule is C=CC(CNC)C(C=C)C(C)CCC1=C(C)C1. The van der Waals surface area contributed by atoms with E-state index in [1.165, 1.54) is 19.3 Å². The van der Waals surface area contributed by atoms with E-state index in [0.29, 0.717) is 17.8 Å². The zero-order valence-corrected chi connectivity index (χ0v) is 11.6. The molecule has 0 saturated carbocycles. The van der Waals surface area contributed by atoms with Crippen molar-refractivity contribution in [2.75, 3.05) is 13.6 Å². The molecular formula is C16H27N. The summed E-state index contributed by atoms with van der Waals surface area (Å²) in [6.45, 7) is 13.5. The summed E-state index contributed by atoms with van der Waals surface area (Å²) in [5.41, 5.74) is 3.30. The van der Waals surface area contributed by atoms with E-state index in [1.54, 1.807) is 11.1 Å². The lowest BCUT2D eigenvalue weighted by molar-refractivity contribution is 0.320. The third-order valence-corrected chi connectivity index (χ3v) is 4.02. The minimum Gasteiger partial charge on any atom is -0.319 e. The average Bonchev–Trinajstić information content (AvgIpc) is 3.02. The molecule has 1 aliphatic carbocycles. The largest absolute Gasteiger partial charge is 0.319 e. The molecule has 0 aromatic carbocycles. The molecule has 1 N–H and O–H groups in total. The fourth-order valence-corrected chi connectivity index (χ4v) is 2.61. The minimum atomic E-state index is 0.502. The molecule has 0 heterocycles. The molecule has 0 fully saturated rings. The highest BCUT2D eigenvalue weighted by atomic mass is 14.8. The molecule has 1 aliphatic rings. The molecule has 17 heavy (non-hydrogen) atoms. The van der Waals surface area contributed by atoms with Crippen LogP contribution in [0.5, 0.6) is 0 Å². The maximum Gasteiger partial charge on any atom is 0.00168 e. The Bertz CT molecular complexity index is 301. The van der Waals surface area contributed by atoms with E-state index in [1.807, 2.05) is 7.05 Å². The maximum absolute atomic E-state index is 4.00. The van der Waals surface area contributed by atoms with Crippen molar-refractivity contribution in [2.45, 2.75) is 33.1 Å². The van der Waals surface area contributed by atoms with Gasteiger partial charge in [0.2, 0.25) is 0 Å². The summed E-state index contributed by atoms with van der Waals surface area (Å²) in [4.78, 5) is 0. The number of nitrogens with one attached hydrogen (secondary N) is 1. The molecule has 0 spiro atoms. The Kier molecular flexibility index (Phi) is 5.70. The van der Waals surface area contributed by atoms with Gasteiger partial charge in [-0.2, -0.15) is 0 Å². The number of hydrogen-bond acceptors (Lipinski definition) is 1. The van der Waals surface area contributed by atoms with Crippen LogP contribution in [0.25, 0.3) is 0 Å². The van der Waals surface area contributed by atoms with Crippen molar-refractivity contribution in [3.8, 4) is 0 Å². The first-order valence-corrected chi connectivity index (χ1v) is 6.71. The summed E-state index contributed by atoms with van der Waals surface area (Å²) in [5, 5.41) is 3.24. The quantitative estimate of drug-likeness (QED) is 0.595. The van der Waals surface area contributed by atoms with Crippen molar-refractivity contribution in [3.63, 3.8) is 0 Å². The molecular weight excluding hydrogens is 206 g/mol. The van der Waals surface area contributed by atoms with Gasteiger partial charge in [0.1, 0.15) is 0 Å². The molecule has 0 radical (unpaired) electrons. The van der Waals surface area contributed by atoms with E-state index >= 15 is 0 Å². The Hall–Kier alpha value is -0.820. The van der Waals surface area contributed by atoms with E-state index in [9.17, 15) is 0 Å². The molecule has 0 aliphatic heterocycles. The second kappa shape index (κ2) is 6.80. The van der Waals surface area contributed by atoms with Crippen molar-refractivity contribution in [1.29, 1.82) is 0 Å². The molecule has 0 aromatic heterocycles. The van der Waals surface area contributed by atoms with Crippen LogP contribution in [0.15, 0.2) is 36.5 Å². The van der Waals surface area contributed by atoms with Crippen LogP contribution in [0, 0.1) is 17.8 Å². The molecule has 3 unspecified atom stereocenters. The topological polar surface area (TPSA) is 12.0 Å². The van der Waals surface area contributed by atoms with Crippen LogP contribution >= 0.6 is 0 Å². The molecule has 1 heteroatoms. The van der Waals surface area contributed by atoms with Crippen molar-refractivity contribution >= 4 is 0 Å². The summed E-state index contributed by atoms with van der Waals surface area (Å²) in [7, 11) is 2.00. The van der Waals surface area contributed by atoms with Crippen LogP contribution < -0.4 is 5.32 Å². The lowest BCUT2D eigenvalue weighted by atomic mass is 9.80. The fourth-order valence-electron chi connectivity index (χ4n) is 2.61. The predicted molar refractivity (Wildman–Crippen MR) is 77.0 cm³/mol. The van der Waals surface area contributed by atoms with Gasteiger partial charge < -0.3 is 5.32 Å². The lowest BCUT2D eigenvalue weighted by Gasteiger charge is -2.27. The molecule has 0 aromatic rings. The van der Waals surface area contributed by atoms with Crippen LogP contribution in [-0.4, -0.2) is 13.6 Å². The van der Waals surface area contributed by atoms with Gasteiger partial charge in [-0.05, 0) is 51.0 Å². The first-order chi connectivity index (χ1) is 8.13. The summed E-state index contributed by atoms with van der Waals surface area (Å²) in [6.07, 6.45) is 8.02. The van der Waals surface area contributed by atoms with Crippen LogP contribution in [-0.2, 0) is 0 Å². The van der Waals surface area contributed by atoms with Crippen molar-refractivity contribution in [3.05, 3.63) is 36.5 Å². The number of allylic oxidation sites excluding steroid dienone is 3. The highest BCUT2D eigenvalue weighted by Crippen LogP contribution is 2.36. The molecule has 1 nitrogen and oxygen atoms in total. The van der Waals surface area contributed by atoms with Crippen LogP contribution in [0.4, 0.5) is 0 Å². The molecule has 1 rings (SSSR count). The Balaban J connectivity index is 2.46. The molecule has 96 valence electrons. The second-order valence-corrected chi connectivity index (χ2v) is 5.35. The van der Waals surface area contributed by atoms with E-state index in [0.717, 1.165) is 6.54 Å². The van der Waals surface area contributed by atoms with Crippen molar-refractivity contribution in [2.24, 2.45) is 17.8 Å². The first-order valence-electron chi connectivity index (χ1n) is 6.71. The Morgan fingerprint density at radius 1 is 1.35 bits per heavy atom. The number of hydrogen-bond donors (Lipinski definition) is 1. The molecule has 0 amide bonds. The monoisotopic (exact) mass is 233 g/mol. The predicted octanol–water partition coefficient (Wildman–Crippen LogP) is 3.95. The normalized spacial score (nSPS) is 19.7. The number of rotatable bonds is 9. The van der Waals surface area contributed by atoms with Gasteiger partial charge in [-0.1, -0.05) is 30.2 Å². The van der Waals surface area contributed by atoms with Crippen LogP contribution in [0.2, 0.25) is 0 Å². The summed E-state index contributed by atoms with van der Waals surface area (Å²) in [5.74, 6) is 1.73. The van der Waals surface area contributed by atoms with Gasteiger partial charge >= 0.3 is 0 Å². The Morgan fingerprint density at radius 2 is 2.00 bits per heavy atom. The highest BCUT2D eigenvalue weighted by molar-refractivity contribution is 5.32. The average molecular weight is 233 g/mol. The summed E-state index contributed by atoms with van der Waals surface area (Å²) >= 11 is 0. The zero-order chi connectivity index (χ0) is 12.8. The van der Waals surface area contributed by atoms with E-state index in [2.05, 4.69) is 44.5 Å². The van der Waals surface area contributed by atoms with Crippen molar-refractivity contribution < 1.29 is 0 Å².